The molecular weight excluding hydrogens is 424 g/mol. The van der Waals surface area contributed by atoms with Gasteiger partial charge in [-0.2, -0.15) is 0 Å². The summed E-state index contributed by atoms with van der Waals surface area (Å²) in [6.45, 7) is 1.27. The number of β-lactam (4-membered cyclic amide) rings is 1. The third-order valence-electron chi connectivity index (χ3n) is 5.14. The molecule has 160 valence electrons. The molecule has 0 spiro atoms. The van der Waals surface area contributed by atoms with Crippen LogP contribution in [-0.4, -0.2) is 44.0 Å². The van der Waals surface area contributed by atoms with Crippen molar-refractivity contribution in [3.63, 3.8) is 0 Å². The van der Waals surface area contributed by atoms with Gasteiger partial charge >= 0.3 is 0 Å². The van der Waals surface area contributed by atoms with Crippen LogP contribution in [0, 0.1) is 6.92 Å². The topological polar surface area (TPSA) is 114 Å². The number of alkyl halides is 1. The molecule has 31 heavy (non-hydrogen) atoms. The van der Waals surface area contributed by atoms with Crippen molar-refractivity contribution < 1.29 is 19.4 Å². The van der Waals surface area contributed by atoms with Gasteiger partial charge in [0.2, 0.25) is 0 Å². The Balaban J connectivity index is 1.58. The van der Waals surface area contributed by atoms with Crippen LogP contribution in [0.15, 0.2) is 47.3 Å². The minimum Gasteiger partial charge on any atom is -0.504 e. The van der Waals surface area contributed by atoms with Gasteiger partial charge in [0.25, 0.3) is 17.4 Å². The van der Waals surface area contributed by atoms with E-state index in [0.717, 1.165) is 5.01 Å². The van der Waals surface area contributed by atoms with Crippen molar-refractivity contribution in [2.45, 2.75) is 24.9 Å². The molecule has 0 bridgehead atoms. The first kappa shape index (κ1) is 20.7. The second-order valence-electron chi connectivity index (χ2n) is 7.10. The lowest BCUT2D eigenvalue weighted by atomic mass is 9.95. The maximum atomic E-state index is 12.7. The number of nitrogens with one attached hydrogen (secondary N) is 1. The van der Waals surface area contributed by atoms with E-state index in [9.17, 15) is 19.5 Å². The highest BCUT2D eigenvalue weighted by Crippen LogP contribution is 2.40. The Bertz CT molecular complexity index is 1260. The quantitative estimate of drug-likeness (QED) is 0.458. The SMILES string of the molecule is COc1ccc(C2C(Cl)C(=O)N2NC(=O)Cn2c(=O)c(C)nc3ccccc32)cc1O. The summed E-state index contributed by atoms with van der Waals surface area (Å²) in [6.07, 6.45) is 0. The number of aryl methyl sites for hydroxylation is 1. The number of amides is 2. The number of benzene rings is 2. The number of methoxy groups -OCH3 is 1. The van der Waals surface area contributed by atoms with Crippen molar-refractivity contribution in [1.29, 1.82) is 0 Å². The molecule has 4 rings (SSSR count). The Morgan fingerprint density at radius 2 is 2.00 bits per heavy atom. The van der Waals surface area contributed by atoms with E-state index in [1.54, 1.807) is 43.3 Å². The van der Waals surface area contributed by atoms with Gasteiger partial charge in [-0.25, -0.2) is 9.99 Å². The average Bonchev–Trinajstić information content (AvgIpc) is 2.76. The molecular formula is C21H19ClN4O5. The van der Waals surface area contributed by atoms with Crippen LogP contribution in [-0.2, 0) is 16.1 Å². The first-order valence-corrected chi connectivity index (χ1v) is 9.85. The number of phenolic OH excluding ortho intramolecular Hbond substituents is 1. The first-order chi connectivity index (χ1) is 14.8. The molecule has 1 aromatic heterocycles. The molecule has 1 aliphatic heterocycles. The molecule has 0 saturated carbocycles. The fourth-order valence-electron chi connectivity index (χ4n) is 3.58. The van der Waals surface area contributed by atoms with Crippen LogP contribution >= 0.6 is 11.6 Å². The molecule has 1 fully saturated rings. The van der Waals surface area contributed by atoms with Gasteiger partial charge in [-0.3, -0.25) is 24.4 Å². The van der Waals surface area contributed by atoms with E-state index in [1.807, 2.05) is 0 Å². The molecule has 2 atom stereocenters. The number of nitrogens with zero attached hydrogens (tertiary/aromatic N) is 3. The second-order valence-corrected chi connectivity index (χ2v) is 7.57. The highest BCUT2D eigenvalue weighted by molar-refractivity contribution is 6.33. The van der Waals surface area contributed by atoms with E-state index in [1.165, 1.54) is 17.7 Å². The molecule has 1 saturated heterocycles. The van der Waals surface area contributed by atoms with Crippen LogP contribution in [0.4, 0.5) is 0 Å². The highest BCUT2D eigenvalue weighted by Gasteiger charge is 2.48. The van der Waals surface area contributed by atoms with Crippen molar-refractivity contribution in [3.8, 4) is 11.5 Å². The molecule has 10 heteroatoms. The minimum atomic E-state index is -0.903. The lowest BCUT2D eigenvalue weighted by Gasteiger charge is -2.44. The summed E-state index contributed by atoms with van der Waals surface area (Å²) in [6, 6.07) is 10.9. The number of carbonyl (C=O) groups is 2. The van der Waals surface area contributed by atoms with Crippen LogP contribution in [0.3, 0.4) is 0 Å². The zero-order valence-corrected chi connectivity index (χ0v) is 17.5. The third-order valence-corrected chi connectivity index (χ3v) is 5.56. The smallest absolute Gasteiger partial charge is 0.272 e. The van der Waals surface area contributed by atoms with Crippen LogP contribution in [0.1, 0.15) is 17.3 Å². The van der Waals surface area contributed by atoms with Crippen LogP contribution in [0.2, 0.25) is 0 Å². The summed E-state index contributed by atoms with van der Waals surface area (Å²) in [5.74, 6) is -0.897. The Morgan fingerprint density at radius 3 is 2.71 bits per heavy atom. The number of ether oxygens (including phenoxy) is 1. The summed E-state index contributed by atoms with van der Waals surface area (Å²) >= 11 is 6.17. The number of aromatic hydroxyl groups is 1. The van der Waals surface area contributed by atoms with Crippen LogP contribution in [0.25, 0.3) is 11.0 Å². The first-order valence-electron chi connectivity index (χ1n) is 9.41. The van der Waals surface area contributed by atoms with Gasteiger partial charge in [-0.15, -0.1) is 11.6 Å². The number of hydrazine groups is 1. The zero-order valence-electron chi connectivity index (χ0n) is 16.7. The van der Waals surface area contributed by atoms with E-state index >= 15 is 0 Å². The number of hydrogen-bond donors (Lipinski definition) is 2. The number of para-hydroxylation sites is 2. The summed E-state index contributed by atoms with van der Waals surface area (Å²) in [5.41, 5.74) is 4.01. The fraction of sp³-hybridized carbons (Fsp3) is 0.238. The molecule has 2 N–H and O–H groups in total. The molecule has 2 unspecified atom stereocenters. The third kappa shape index (κ3) is 3.57. The van der Waals surface area contributed by atoms with Crippen LogP contribution in [0.5, 0.6) is 11.5 Å². The molecule has 2 aromatic carbocycles. The van der Waals surface area contributed by atoms with Crippen LogP contribution < -0.4 is 15.7 Å². The molecule has 9 nitrogen and oxygen atoms in total. The highest BCUT2D eigenvalue weighted by atomic mass is 35.5. The predicted octanol–water partition coefficient (Wildman–Crippen LogP) is 1.64. The van der Waals surface area contributed by atoms with Crippen molar-refractivity contribution in [2.75, 3.05) is 7.11 Å². The molecule has 2 amide bonds. The Kier molecular flexibility index (Phi) is 5.28. The lowest BCUT2D eigenvalue weighted by molar-refractivity contribution is -0.156. The van der Waals surface area contributed by atoms with Gasteiger partial charge in [0.1, 0.15) is 23.7 Å². The van der Waals surface area contributed by atoms with Crippen molar-refractivity contribution >= 4 is 34.4 Å². The van der Waals surface area contributed by atoms with Crippen molar-refractivity contribution in [1.82, 2.24) is 20.0 Å². The fourth-order valence-corrected chi connectivity index (χ4v) is 3.94. The number of halogens is 1. The number of hydrogen-bond acceptors (Lipinski definition) is 6. The van der Waals surface area contributed by atoms with Crippen molar-refractivity contribution in [3.05, 3.63) is 64.1 Å². The largest absolute Gasteiger partial charge is 0.504 e. The average molecular weight is 443 g/mol. The lowest BCUT2D eigenvalue weighted by Crippen LogP contribution is -2.63. The minimum absolute atomic E-state index is 0.111. The normalized spacial score (nSPS) is 18.0. The molecule has 1 aliphatic rings. The molecule has 0 radical (unpaired) electrons. The second kappa shape index (κ2) is 7.92. The number of phenols is 1. The number of carbonyl (C=O) groups excluding carboxylic acids is 2. The Morgan fingerprint density at radius 1 is 1.26 bits per heavy atom. The predicted molar refractivity (Wildman–Crippen MR) is 113 cm³/mol. The van der Waals surface area contributed by atoms with Gasteiger partial charge < -0.3 is 9.84 Å². The van der Waals surface area contributed by atoms with Gasteiger partial charge in [0.05, 0.1) is 18.1 Å². The zero-order chi connectivity index (χ0) is 22.3. The van der Waals surface area contributed by atoms with Gasteiger partial charge in [0, 0.05) is 0 Å². The van der Waals surface area contributed by atoms with E-state index in [4.69, 9.17) is 16.3 Å². The number of rotatable bonds is 5. The van der Waals surface area contributed by atoms with Gasteiger partial charge in [-0.1, -0.05) is 18.2 Å². The summed E-state index contributed by atoms with van der Waals surface area (Å²) in [4.78, 5) is 41.8. The maximum absolute atomic E-state index is 12.7. The Labute approximate surface area is 181 Å². The van der Waals surface area contributed by atoms with E-state index in [2.05, 4.69) is 10.4 Å². The van der Waals surface area contributed by atoms with Crippen molar-refractivity contribution in [2.24, 2.45) is 0 Å². The standard InChI is InChI=1S/C21H19ClN4O5/c1-11-20(29)25(14-6-4-3-5-13(14)23-11)10-17(28)24-26-19(18(22)21(26)30)12-7-8-16(31-2)15(27)9-12/h3-9,18-19,27H,10H2,1-2H3,(H,24,28). The molecule has 2 heterocycles. The molecule has 0 aliphatic carbocycles. The summed E-state index contributed by atoms with van der Waals surface area (Å²) in [5, 5.41) is 10.2. The molecule has 3 aromatic rings. The Hall–Kier alpha value is -3.59. The van der Waals surface area contributed by atoms with E-state index in [-0.39, 0.29) is 23.7 Å². The van der Waals surface area contributed by atoms with E-state index < -0.39 is 28.8 Å². The van der Waals surface area contributed by atoms with Gasteiger partial charge in [0.15, 0.2) is 11.5 Å². The maximum Gasteiger partial charge on any atom is 0.272 e. The van der Waals surface area contributed by atoms with Gasteiger partial charge in [-0.05, 0) is 36.8 Å². The monoisotopic (exact) mass is 442 g/mol. The van der Waals surface area contributed by atoms with E-state index in [0.29, 0.717) is 16.6 Å². The number of aromatic nitrogens is 2. The number of fused-ring (bicyclic) bond motifs is 1. The summed E-state index contributed by atoms with van der Waals surface area (Å²) in [7, 11) is 1.42. The summed E-state index contributed by atoms with van der Waals surface area (Å²) < 4.78 is 6.33.